The van der Waals surface area contributed by atoms with Crippen LogP contribution in [0, 0.1) is 6.92 Å². The van der Waals surface area contributed by atoms with Gasteiger partial charge in [-0.3, -0.25) is 0 Å². The Labute approximate surface area is 128 Å². The fourth-order valence-corrected chi connectivity index (χ4v) is 4.02. The Kier molecular flexibility index (Phi) is 2.86. The second-order valence-corrected chi connectivity index (χ2v) is 6.62. The monoisotopic (exact) mass is 295 g/mol. The Bertz CT molecular complexity index is 822. The van der Waals surface area contributed by atoms with Crippen molar-refractivity contribution >= 4 is 38.1 Å². The molecule has 2 N–H and O–H groups in total. The third-order valence-electron chi connectivity index (χ3n) is 3.99. The molecule has 4 rings (SSSR count). The molecule has 0 unspecified atom stereocenters. The minimum Gasteiger partial charge on any atom is -0.399 e. The molecule has 1 aliphatic rings. The molecule has 0 amide bonds. The van der Waals surface area contributed by atoms with Crippen LogP contribution in [0.15, 0.2) is 36.4 Å². The zero-order valence-electron chi connectivity index (χ0n) is 12.0. The molecule has 3 nitrogen and oxygen atoms in total. The van der Waals surface area contributed by atoms with E-state index in [9.17, 15) is 0 Å². The molecule has 0 fully saturated rings. The number of fused-ring (bicyclic) bond motifs is 2. The van der Waals surface area contributed by atoms with E-state index in [4.69, 9.17) is 10.7 Å². The molecule has 0 spiro atoms. The highest BCUT2D eigenvalue weighted by Crippen LogP contribution is 2.38. The molecular weight excluding hydrogens is 278 g/mol. The minimum absolute atomic E-state index is 0.798. The highest BCUT2D eigenvalue weighted by Gasteiger charge is 2.21. The molecule has 1 aromatic heterocycles. The molecule has 21 heavy (non-hydrogen) atoms. The second-order valence-electron chi connectivity index (χ2n) is 5.61. The molecule has 0 saturated heterocycles. The van der Waals surface area contributed by atoms with Gasteiger partial charge < -0.3 is 10.6 Å². The van der Waals surface area contributed by atoms with E-state index in [2.05, 4.69) is 30.0 Å². The van der Waals surface area contributed by atoms with Crippen molar-refractivity contribution in [1.82, 2.24) is 4.98 Å². The Morgan fingerprint density at radius 1 is 1.19 bits per heavy atom. The van der Waals surface area contributed by atoms with Gasteiger partial charge in [0.15, 0.2) is 5.13 Å². The summed E-state index contributed by atoms with van der Waals surface area (Å²) in [5.41, 5.74) is 11.8. The number of anilines is 3. The molecule has 2 aromatic carbocycles. The summed E-state index contributed by atoms with van der Waals surface area (Å²) in [4.78, 5) is 7.13. The van der Waals surface area contributed by atoms with Crippen LogP contribution in [0.4, 0.5) is 16.5 Å². The number of aromatic nitrogens is 1. The maximum absolute atomic E-state index is 5.87. The number of nitrogen functional groups attached to an aromatic ring is 1. The largest absolute Gasteiger partial charge is 0.399 e. The zero-order valence-corrected chi connectivity index (χ0v) is 12.8. The van der Waals surface area contributed by atoms with Gasteiger partial charge in [0, 0.05) is 17.9 Å². The first-order valence-corrected chi connectivity index (χ1v) is 8.05. The molecule has 0 radical (unpaired) electrons. The quantitative estimate of drug-likeness (QED) is 0.682. The molecule has 0 aliphatic carbocycles. The van der Waals surface area contributed by atoms with Gasteiger partial charge in [-0.2, -0.15) is 0 Å². The molecule has 0 saturated carbocycles. The predicted molar refractivity (Wildman–Crippen MR) is 90.5 cm³/mol. The number of hydrogen-bond donors (Lipinski definition) is 1. The summed E-state index contributed by atoms with van der Waals surface area (Å²) >= 11 is 1.72. The number of rotatable bonds is 1. The van der Waals surface area contributed by atoms with Crippen molar-refractivity contribution in [2.24, 2.45) is 0 Å². The van der Waals surface area contributed by atoms with Gasteiger partial charge in [-0.05, 0) is 49.6 Å². The normalized spacial score (nSPS) is 14.4. The fourth-order valence-electron chi connectivity index (χ4n) is 2.97. The van der Waals surface area contributed by atoms with Crippen LogP contribution < -0.4 is 10.6 Å². The van der Waals surface area contributed by atoms with Crippen LogP contribution in [-0.2, 0) is 6.42 Å². The first-order valence-electron chi connectivity index (χ1n) is 7.24. The van der Waals surface area contributed by atoms with Crippen molar-refractivity contribution in [3.05, 3.63) is 47.5 Å². The fraction of sp³-hybridized carbons (Fsp3) is 0.235. The number of nitrogens with zero attached hydrogens (tertiary/aromatic N) is 2. The third kappa shape index (κ3) is 2.16. The molecule has 0 bridgehead atoms. The smallest absolute Gasteiger partial charge is 0.190 e. The summed E-state index contributed by atoms with van der Waals surface area (Å²) in [5, 5.41) is 1.07. The average Bonchev–Trinajstić information content (AvgIpc) is 2.89. The van der Waals surface area contributed by atoms with Gasteiger partial charge in [-0.1, -0.05) is 29.0 Å². The van der Waals surface area contributed by atoms with Crippen LogP contribution in [0.3, 0.4) is 0 Å². The number of aryl methyl sites for hydroxylation is 2. The van der Waals surface area contributed by atoms with Crippen molar-refractivity contribution < 1.29 is 0 Å². The van der Waals surface area contributed by atoms with Crippen molar-refractivity contribution in [1.29, 1.82) is 0 Å². The summed E-state index contributed by atoms with van der Waals surface area (Å²) in [7, 11) is 0. The molecular formula is C17H17N3S. The summed E-state index contributed by atoms with van der Waals surface area (Å²) in [5.74, 6) is 0. The highest BCUT2D eigenvalue weighted by molar-refractivity contribution is 7.22. The van der Waals surface area contributed by atoms with E-state index >= 15 is 0 Å². The number of nitrogens with two attached hydrogens (primary N) is 1. The number of thiazole rings is 1. The number of hydrogen-bond acceptors (Lipinski definition) is 4. The van der Waals surface area contributed by atoms with Crippen molar-refractivity contribution in [3.63, 3.8) is 0 Å². The lowest BCUT2D eigenvalue weighted by Gasteiger charge is -2.29. The van der Waals surface area contributed by atoms with Gasteiger partial charge in [0.2, 0.25) is 0 Å². The Morgan fingerprint density at radius 3 is 3.00 bits per heavy atom. The summed E-state index contributed by atoms with van der Waals surface area (Å²) in [6.45, 7) is 3.19. The second kappa shape index (κ2) is 4.74. The molecule has 4 heteroatoms. The Balaban J connectivity index is 1.82. The van der Waals surface area contributed by atoms with Gasteiger partial charge in [0.25, 0.3) is 0 Å². The predicted octanol–water partition coefficient (Wildman–Crippen LogP) is 4.27. The molecule has 2 heterocycles. The molecule has 3 aromatic rings. The van der Waals surface area contributed by atoms with E-state index in [1.54, 1.807) is 11.3 Å². The van der Waals surface area contributed by atoms with Crippen molar-refractivity contribution in [3.8, 4) is 0 Å². The Hall–Kier alpha value is -2.07. The number of benzene rings is 2. The standard InChI is InChI=1S/C17H17N3S/c1-11-4-7-15-12(9-11)3-2-8-20(15)17-19-14-6-5-13(18)10-16(14)21-17/h4-7,9-10H,2-3,8,18H2,1H3. The van der Waals surface area contributed by atoms with E-state index in [0.29, 0.717) is 0 Å². The summed E-state index contributed by atoms with van der Waals surface area (Å²) in [6.07, 6.45) is 2.33. The minimum atomic E-state index is 0.798. The zero-order chi connectivity index (χ0) is 14.4. The van der Waals surface area contributed by atoms with Crippen molar-refractivity contribution in [2.75, 3.05) is 17.2 Å². The van der Waals surface area contributed by atoms with Gasteiger partial charge in [-0.25, -0.2) is 4.98 Å². The van der Waals surface area contributed by atoms with Gasteiger partial charge in [0.05, 0.1) is 10.2 Å². The van der Waals surface area contributed by atoms with Crippen LogP contribution in [0.25, 0.3) is 10.2 Å². The maximum atomic E-state index is 5.87. The van der Waals surface area contributed by atoms with Gasteiger partial charge in [0.1, 0.15) is 0 Å². The first kappa shape index (κ1) is 12.7. The first-order chi connectivity index (χ1) is 10.2. The molecule has 106 valence electrons. The lowest BCUT2D eigenvalue weighted by atomic mass is 10.00. The van der Waals surface area contributed by atoms with Crippen LogP contribution in [-0.4, -0.2) is 11.5 Å². The maximum Gasteiger partial charge on any atom is 0.190 e. The van der Waals surface area contributed by atoms with E-state index in [1.807, 2.05) is 18.2 Å². The van der Waals surface area contributed by atoms with Gasteiger partial charge in [-0.15, -0.1) is 0 Å². The SMILES string of the molecule is Cc1ccc2c(c1)CCCN2c1nc2ccc(N)cc2s1. The highest BCUT2D eigenvalue weighted by atomic mass is 32.1. The van der Waals surface area contributed by atoms with Gasteiger partial charge >= 0.3 is 0 Å². The van der Waals surface area contributed by atoms with E-state index in [0.717, 1.165) is 34.0 Å². The van der Waals surface area contributed by atoms with E-state index in [-0.39, 0.29) is 0 Å². The van der Waals surface area contributed by atoms with Crippen LogP contribution >= 0.6 is 11.3 Å². The van der Waals surface area contributed by atoms with E-state index in [1.165, 1.54) is 23.2 Å². The van der Waals surface area contributed by atoms with E-state index < -0.39 is 0 Å². The summed E-state index contributed by atoms with van der Waals surface area (Å²) < 4.78 is 1.16. The summed E-state index contributed by atoms with van der Waals surface area (Å²) in [6, 6.07) is 12.6. The lowest BCUT2D eigenvalue weighted by Crippen LogP contribution is -2.24. The topological polar surface area (TPSA) is 42.2 Å². The molecule has 0 atom stereocenters. The van der Waals surface area contributed by atoms with Crippen LogP contribution in [0.1, 0.15) is 17.5 Å². The molecule has 1 aliphatic heterocycles. The Morgan fingerprint density at radius 2 is 2.10 bits per heavy atom. The lowest BCUT2D eigenvalue weighted by molar-refractivity contribution is 0.764. The average molecular weight is 295 g/mol. The van der Waals surface area contributed by atoms with Crippen LogP contribution in [0.5, 0.6) is 0 Å². The van der Waals surface area contributed by atoms with Crippen molar-refractivity contribution in [2.45, 2.75) is 19.8 Å². The van der Waals surface area contributed by atoms with Crippen LogP contribution in [0.2, 0.25) is 0 Å². The third-order valence-corrected chi connectivity index (χ3v) is 5.03.